The first-order valence-electron chi connectivity index (χ1n) is 9.32. The summed E-state index contributed by atoms with van der Waals surface area (Å²) in [5.41, 5.74) is 0.0544. The van der Waals surface area contributed by atoms with E-state index in [1.807, 2.05) is 6.07 Å². The van der Waals surface area contributed by atoms with Crippen LogP contribution in [0.3, 0.4) is 0 Å². The lowest BCUT2D eigenvalue weighted by atomic mass is 10.2. The molecule has 0 radical (unpaired) electrons. The van der Waals surface area contributed by atoms with E-state index in [0.717, 1.165) is 29.8 Å². The van der Waals surface area contributed by atoms with Crippen molar-refractivity contribution in [3.8, 4) is 0 Å². The normalized spacial score (nSPS) is 11.5. The minimum atomic E-state index is -4.01. The molecule has 0 aliphatic rings. The molecule has 5 nitrogen and oxygen atoms in total. The largest absolute Gasteiger partial charge is 0.319 e. The van der Waals surface area contributed by atoms with Crippen molar-refractivity contribution in [2.45, 2.75) is 18.4 Å². The highest BCUT2D eigenvalue weighted by Crippen LogP contribution is 2.23. The van der Waals surface area contributed by atoms with E-state index in [-0.39, 0.29) is 28.7 Å². The Bertz CT molecular complexity index is 1200. The van der Waals surface area contributed by atoms with Gasteiger partial charge in [0.15, 0.2) is 0 Å². The molecule has 162 valence electrons. The van der Waals surface area contributed by atoms with Gasteiger partial charge in [0.1, 0.15) is 11.6 Å². The van der Waals surface area contributed by atoms with Crippen LogP contribution in [0.1, 0.15) is 22.8 Å². The molecule has 3 aromatic rings. The Morgan fingerprint density at radius 3 is 2.35 bits per heavy atom. The molecule has 0 aromatic heterocycles. The third kappa shape index (κ3) is 5.28. The number of halogens is 3. The fourth-order valence-electron chi connectivity index (χ4n) is 2.92. The number of anilines is 1. The Balaban J connectivity index is 1.90. The molecule has 1 N–H and O–H groups in total. The monoisotopic (exact) mass is 464 g/mol. The molecule has 0 aliphatic heterocycles. The van der Waals surface area contributed by atoms with Crippen LogP contribution in [0.15, 0.2) is 71.6 Å². The van der Waals surface area contributed by atoms with E-state index in [0.29, 0.717) is 0 Å². The van der Waals surface area contributed by atoms with Gasteiger partial charge in [-0.05, 0) is 42.0 Å². The van der Waals surface area contributed by atoms with Crippen LogP contribution in [-0.2, 0) is 16.6 Å². The molecule has 0 bridgehead atoms. The van der Waals surface area contributed by atoms with Gasteiger partial charge in [-0.3, -0.25) is 4.79 Å². The zero-order chi connectivity index (χ0) is 22.6. The summed E-state index contributed by atoms with van der Waals surface area (Å²) in [6.07, 6.45) is 0. The summed E-state index contributed by atoms with van der Waals surface area (Å²) < 4.78 is 55.7. The topological polar surface area (TPSA) is 66.5 Å². The van der Waals surface area contributed by atoms with Crippen molar-refractivity contribution in [2.75, 3.05) is 11.9 Å². The predicted octanol–water partition coefficient (Wildman–Crippen LogP) is 5.08. The quantitative estimate of drug-likeness (QED) is 0.530. The Labute approximate surface area is 184 Å². The minimum Gasteiger partial charge on any atom is -0.319 e. The van der Waals surface area contributed by atoms with Crippen molar-refractivity contribution < 1.29 is 22.0 Å². The van der Waals surface area contributed by atoms with Gasteiger partial charge >= 0.3 is 0 Å². The predicted molar refractivity (Wildman–Crippen MR) is 115 cm³/mol. The van der Waals surface area contributed by atoms with Crippen LogP contribution in [0.4, 0.5) is 14.5 Å². The van der Waals surface area contributed by atoms with Crippen LogP contribution in [-0.4, -0.2) is 25.2 Å². The lowest BCUT2D eigenvalue weighted by Gasteiger charge is -2.21. The highest BCUT2D eigenvalue weighted by Gasteiger charge is 2.26. The maximum atomic E-state index is 14.3. The van der Waals surface area contributed by atoms with E-state index in [1.165, 1.54) is 16.4 Å². The van der Waals surface area contributed by atoms with Gasteiger partial charge in [0.05, 0.1) is 16.1 Å². The third-order valence-corrected chi connectivity index (χ3v) is 6.71. The zero-order valence-electron chi connectivity index (χ0n) is 16.5. The molecule has 3 aromatic carbocycles. The van der Waals surface area contributed by atoms with Crippen LogP contribution >= 0.6 is 11.6 Å². The van der Waals surface area contributed by atoms with E-state index in [9.17, 15) is 22.0 Å². The number of nitrogens with zero attached hydrogens (tertiary/aromatic N) is 1. The molecule has 31 heavy (non-hydrogen) atoms. The van der Waals surface area contributed by atoms with Crippen LogP contribution in [0.5, 0.6) is 0 Å². The molecule has 0 saturated carbocycles. The highest BCUT2D eigenvalue weighted by atomic mass is 35.5. The summed E-state index contributed by atoms with van der Waals surface area (Å²) in [5.74, 6) is -2.72. The lowest BCUT2D eigenvalue weighted by molar-refractivity contribution is 0.102. The number of benzene rings is 3. The van der Waals surface area contributed by atoms with Gasteiger partial charge in [-0.15, -0.1) is 0 Å². The average Bonchev–Trinajstić information content (AvgIpc) is 2.74. The maximum absolute atomic E-state index is 14.3. The lowest BCUT2D eigenvalue weighted by Crippen LogP contribution is -2.30. The first-order valence-corrected chi connectivity index (χ1v) is 11.1. The summed E-state index contributed by atoms with van der Waals surface area (Å²) in [6, 6.07) is 15.5. The van der Waals surface area contributed by atoms with Gasteiger partial charge in [-0.2, -0.15) is 4.31 Å². The Kier molecular flexibility index (Phi) is 7.04. The molecule has 9 heteroatoms. The van der Waals surface area contributed by atoms with Crippen molar-refractivity contribution in [1.29, 1.82) is 0 Å². The average molecular weight is 465 g/mol. The number of amides is 1. The number of rotatable bonds is 7. The van der Waals surface area contributed by atoms with Crippen LogP contribution in [0.2, 0.25) is 5.02 Å². The fraction of sp³-hybridized carbons (Fsp3) is 0.136. The summed E-state index contributed by atoms with van der Waals surface area (Å²) in [6.45, 7) is 1.97. The molecule has 0 atom stereocenters. The maximum Gasteiger partial charge on any atom is 0.258 e. The van der Waals surface area contributed by atoms with E-state index >= 15 is 0 Å². The molecular weight excluding hydrogens is 446 g/mol. The molecule has 0 aliphatic carbocycles. The summed E-state index contributed by atoms with van der Waals surface area (Å²) in [5, 5.41) is 2.37. The minimum absolute atomic E-state index is 0.120. The smallest absolute Gasteiger partial charge is 0.258 e. The van der Waals surface area contributed by atoms with Crippen molar-refractivity contribution in [3.63, 3.8) is 0 Å². The van der Waals surface area contributed by atoms with Gasteiger partial charge in [0.2, 0.25) is 10.0 Å². The van der Waals surface area contributed by atoms with E-state index in [2.05, 4.69) is 5.32 Å². The van der Waals surface area contributed by atoms with Crippen molar-refractivity contribution in [1.82, 2.24) is 4.31 Å². The molecular formula is C22H19ClF2N2O3S. The van der Waals surface area contributed by atoms with Crippen LogP contribution in [0.25, 0.3) is 0 Å². The Morgan fingerprint density at radius 2 is 1.71 bits per heavy atom. The van der Waals surface area contributed by atoms with Crippen molar-refractivity contribution >= 4 is 33.2 Å². The summed E-state index contributed by atoms with van der Waals surface area (Å²) >= 11 is 5.68. The molecule has 1 amide bonds. The Hall–Kier alpha value is -2.81. The summed E-state index contributed by atoms with van der Waals surface area (Å²) in [4.78, 5) is 12.3. The number of carbonyl (C=O) groups excluding carboxylic acids is 1. The number of carbonyl (C=O) groups is 1. The molecule has 3 rings (SSSR count). The van der Waals surface area contributed by atoms with Gasteiger partial charge in [0, 0.05) is 18.1 Å². The number of nitrogens with one attached hydrogen (secondary N) is 1. The van der Waals surface area contributed by atoms with Gasteiger partial charge < -0.3 is 5.32 Å². The summed E-state index contributed by atoms with van der Waals surface area (Å²) in [7, 11) is -4.01. The van der Waals surface area contributed by atoms with E-state index in [1.54, 1.807) is 31.2 Å². The second-order valence-electron chi connectivity index (χ2n) is 6.64. The van der Waals surface area contributed by atoms with Crippen LogP contribution in [0, 0.1) is 11.6 Å². The van der Waals surface area contributed by atoms with E-state index in [4.69, 9.17) is 11.6 Å². The number of sulfonamides is 1. The van der Waals surface area contributed by atoms with Crippen molar-refractivity contribution in [2.24, 2.45) is 0 Å². The number of hydrogen-bond donors (Lipinski definition) is 1. The highest BCUT2D eigenvalue weighted by molar-refractivity contribution is 7.89. The molecule has 0 fully saturated rings. The van der Waals surface area contributed by atoms with Crippen LogP contribution < -0.4 is 5.32 Å². The van der Waals surface area contributed by atoms with Gasteiger partial charge in [-0.1, -0.05) is 48.9 Å². The third-order valence-electron chi connectivity index (χ3n) is 4.55. The second kappa shape index (κ2) is 9.55. The molecule has 0 heterocycles. The fourth-order valence-corrected chi connectivity index (χ4v) is 4.54. The first kappa shape index (κ1) is 22.9. The molecule has 0 spiro atoms. The second-order valence-corrected chi connectivity index (χ2v) is 9.01. The van der Waals surface area contributed by atoms with Gasteiger partial charge in [0.25, 0.3) is 5.91 Å². The SMILES string of the molecule is CCN(Cc1ccccc1)S(=O)(=O)c1ccc(F)c(C(=O)Nc2ccc(Cl)cc2F)c1. The number of hydrogen-bond acceptors (Lipinski definition) is 3. The van der Waals surface area contributed by atoms with Gasteiger partial charge in [-0.25, -0.2) is 17.2 Å². The molecule has 0 saturated heterocycles. The van der Waals surface area contributed by atoms with E-state index < -0.39 is 33.1 Å². The zero-order valence-corrected chi connectivity index (χ0v) is 18.1. The molecule has 0 unspecified atom stereocenters. The Morgan fingerprint density at radius 1 is 1.00 bits per heavy atom. The van der Waals surface area contributed by atoms with Crippen molar-refractivity contribution in [3.05, 3.63) is 94.5 Å². The standard InChI is InChI=1S/C22H19ClF2N2O3S/c1-2-27(14-15-6-4-3-5-7-15)31(29,30)17-9-10-19(24)18(13-17)22(28)26-21-11-8-16(23)12-20(21)25/h3-13H,2,14H2,1H3,(H,26,28). The first-order chi connectivity index (χ1) is 14.7.